The Morgan fingerprint density at radius 1 is 1.57 bits per heavy atom. The second kappa shape index (κ2) is 4.14. The average Bonchev–Trinajstić information content (AvgIpc) is 2.25. The zero-order chi connectivity index (χ0) is 10.8. The third-order valence-corrected chi connectivity index (χ3v) is 3.74. The molecule has 1 heterocycles. The predicted molar refractivity (Wildman–Crippen MR) is 50.6 cm³/mol. The Morgan fingerprint density at radius 3 is 2.64 bits per heavy atom. The van der Waals surface area contributed by atoms with E-state index in [9.17, 15) is 13.2 Å². The van der Waals surface area contributed by atoms with Crippen molar-refractivity contribution in [3.63, 3.8) is 0 Å². The summed E-state index contributed by atoms with van der Waals surface area (Å²) in [5, 5.41) is 2.42. The van der Waals surface area contributed by atoms with Crippen LogP contribution in [0.25, 0.3) is 0 Å². The first kappa shape index (κ1) is 11.3. The van der Waals surface area contributed by atoms with E-state index in [-0.39, 0.29) is 18.1 Å². The standard InChI is InChI=1S/C7H14N2O4S/c1-2-13-7(10)9-6-4-14(11,12)3-5(6)8/h5-6H,2-4,8H2,1H3,(H,9,10)/t5-,6-/m0/s1. The van der Waals surface area contributed by atoms with E-state index in [0.29, 0.717) is 0 Å². The van der Waals surface area contributed by atoms with Crippen LogP contribution in [0.2, 0.25) is 0 Å². The number of rotatable bonds is 2. The maximum absolute atomic E-state index is 11.1. The van der Waals surface area contributed by atoms with Crippen LogP contribution >= 0.6 is 0 Å². The number of hydrogen-bond acceptors (Lipinski definition) is 5. The summed E-state index contributed by atoms with van der Waals surface area (Å²) in [6.45, 7) is 1.92. The van der Waals surface area contributed by atoms with Crippen molar-refractivity contribution in [2.75, 3.05) is 18.1 Å². The Bertz CT molecular complexity index is 314. The summed E-state index contributed by atoms with van der Waals surface area (Å²) in [4.78, 5) is 11.0. The summed E-state index contributed by atoms with van der Waals surface area (Å²) in [5.41, 5.74) is 5.55. The van der Waals surface area contributed by atoms with Gasteiger partial charge < -0.3 is 15.8 Å². The molecule has 14 heavy (non-hydrogen) atoms. The van der Waals surface area contributed by atoms with Crippen LogP contribution in [-0.4, -0.2) is 44.7 Å². The van der Waals surface area contributed by atoms with E-state index in [1.807, 2.05) is 0 Å². The van der Waals surface area contributed by atoms with Gasteiger partial charge in [-0.3, -0.25) is 0 Å². The van der Waals surface area contributed by atoms with E-state index in [2.05, 4.69) is 10.1 Å². The molecule has 6 nitrogen and oxygen atoms in total. The van der Waals surface area contributed by atoms with E-state index >= 15 is 0 Å². The SMILES string of the molecule is CCOC(=O)N[C@H]1CS(=O)(=O)C[C@@H]1N. The van der Waals surface area contributed by atoms with Crippen molar-refractivity contribution in [3.8, 4) is 0 Å². The van der Waals surface area contributed by atoms with E-state index < -0.39 is 28.0 Å². The van der Waals surface area contributed by atoms with Crippen molar-refractivity contribution in [2.45, 2.75) is 19.0 Å². The fourth-order valence-electron chi connectivity index (χ4n) is 1.35. The maximum Gasteiger partial charge on any atom is 0.407 e. The fraction of sp³-hybridized carbons (Fsp3) is 0.857. The van der Waals surface area contributed by atoms with Gasteiger partial charge in [-0.15, -0.1) is 0 Å². The van der Waals surface area contributed by atoms with Gasteiger partial charge in [0.05, 0.1) is 24.2 Å². The summed E-state index contributed by atoms with van der Waals surface area (Å²) in [6, 6.07) is -1.07. The number of carbonyl (C=O) groups excluding carboxylic acids is 1. The van der Waals surface area contributed by atoms with Gasteiger partial charge in [0.25, 0.3) is 0 Å². The topological polar surface area (TPSA) is 98.5 Å². The molecule has 0 aromatic rings. The number of sulfone groups is 1. The summed E-state index contributed by atoms with van der Waals surface area (Å²) < 4.78 is 26.9. The number of alkyl carbamates (subject to hydrolysis) is 1. The lowest BCUT2D eigenvalue weighted by molar-refractivity contribution is 0.148. The third-order valence-electron chi connectivity index (χ3n) is 1.98. The van der Waals surface area contributed by atoms with Gasteiger partial charge in [0, 0.05) is 6.04 Å². The molecule has 1 rings (SSSR count). The maximum atomic E-state index is 11.1. The number of nitrogens with two attached hydrogens (primary N) is 1. The number of nitrogens with one attached hydrogen (secondary N) is 1. The smallest absolute Gasteiger partial charge is 0.407 e. The molecule has 1 amide bonds. The van der Waals surface area contributed by atoms with Gasteiger partial charge in [-0.1, -0.05) is 0 Å². The lowest BCUT2D eigenvalue weighted by Crippen LogP contribution is -2.46. The summed E-state index contributed by atoms with van der Waals surface area (Å²) in [6.07, 6.45) is -0.620. The normalized spacial score (nSPS) is 29.9. The van der Waals surface area contributed by atoms with Crippen molar-refractivity contribution in [1.29, 1.82) is 0 Å². The molecule has 82 valence electrons. The molecule has 0 aliphatic carbocycles. The van der Waals surface area contributed by atoms with Crippen molar-refractivity contribution in [3.05, 3.63) is 0 Å². The van der Waals surface area contributed by atoms with Crippen LogP contribution in [0.4, 0.5) is 4.79 Å². The van der Waals surface area contributed by atoms with Crippen LogP contribution in [0.5, 0.6) is 0 Å². The zero-order valence-corrected chi connectivity index (χ0v) is 8.71. The second-order valence-electron chi connectivity index (χ2n) is 3.21. The van der Waals surface area contributed by atoms with Gasteiger partial charge in [-0.2, -0.15) is 0 Å². The molecular weight excluding hydrogens is 208 g/mol. The molecule has 1 fully saturated rings. The molecule has 7 heteroatoms. The summed E-state index contributed by atoms with van der Waals surface area (Å²) >= 11 is 0. The van der Waals surface area contributed by atoms with Crippen LogP contribution in [0.1, 0.15) is 6.92 Å². The van der Waals surface area contributed by atoms with E-state index in [1.165, 1.54) is 0 Å². The van der Waals surface area contributed by atoms with Crippen molar-refractivity contribution in [1.82, 2.24) is 5.32 Å². The Balaban J connectivity index is 2.51. The second-order valence-corrected chi connectivity index (χ2v) is 5.37. The first-order chi connectivity index (χ1) is 6.44. The highest BCUT2D eigenvalue weighted by molar-refractivity contribution is 7.91. The molecule has 0 bridgehead atoms. The first-order valence-electron chi connectivity index (χ1n) is 4.34. The Hall–Kier alpha value is -0.820. The third kappa shape index (κ3) is 2.85. The molecule has 2 atom stereocenters. The Labute approximate surface area is 82.7 Å². The minimum absolute atomic E-state index is 0.0793. The Morgan fingerprint density at radius 2 is 2.21 bits per heavy atom. The van der Waals surface area contributed by atoms with E-state index in [0.717, 1.165) is 0 Å². The zero-order valence-electron chi connectivity index (χ0n) is 7.89. The van der Waals surface area contributed by atoms with Crippen LogP contribution in [-0.2, 0) is 14.6 Å². The highest BCUT2D eigenvalue weighted by Gasteiger charge is 2.36. The van der Waals surface area contributed by atoms with Gasteiger partial charge in [0.15, 0.2) is 9.84 Å². The summed E-state index contributed by atoms with van der Waals surface area (Å²) in [5.74, 6) is -0.183. The molecule has 1 aliphatic heterocycles. The van der Waals surface area contributed by atoms with Crippen LogP contribution in [0.15, 0.2) is 0 Å². The quantitative estimate of drug-likeness (QED) is 0.615. The molecule has 0 aromatic carbocycles. The van der Waals surface area contributed by atoms with Crippen molar-refractivity contribution in [2.24, 2.45) is 5.73 Å². The minimum atomic E-state index is -3.10. The summed E-state index contributed by atoms with van der Waals surface area (Å²) in [7, 11) is -3.10. The molecule has 1 saturated heterocycles. The van der Waals surface area contributed by atoms with Crippen LogP contribution in [0.3, 0.4) is 0 Å². The first-order valence-corrected chi connectivity index (χ1v) is 6.16. The number of carbonyl (C=O) groups is 1. The largest absolute Gasteiger partial charge is 0.450 e. The van der Waals surface area contributed by atoms with Crippen molar-refractivity contribution < 1.29 is 17.9 Å². The van der Waals surface area contributed by atoms with E-state index in [4.69, 9.17) is 5.73 Å². The van der Waals surface area contributed by atoms with Gasteiger partial charge in [0.1, 0.15) is 0 Å². The van der Waals surface area contributed by atoms with Gasteiger partial charge >= 0.3 is 6.09 Å². The molecule has 3 N–H and O–H groups in total. The van der Waals surface area contributed by atoms with Crippen molar-refractivity contribution >= 4 is 15.9 Å². The highest BCUT2D eigenvalue weighted by atomic mass is 32.2. The molecule has 0 saturated carbocycles. The number of amides is 1. The molecule has 0 unspecified atom stereocenters. The predicted octanol–water partition coefficient (Wildman–Crippen LogP) is -1.14. The highest BCUT2D eigenvalue weighted by Crippen LogP contribution is 2.10. The lowest BCUT2D eigenvalue weighted by atomic mass is 10.2. The molecule has 0 spiro atoms. The Kier molecular flexibility index (Phi) is 3.33. The number of ether oxygens (including phenoxy) is 1. The minimum Gasteiger partial charge on any atom is -0.450 e. The average molecular weight is 222 g/mol. The number of hydrogen-bond donors (Lipinski definition) is 2. The lowest BCUT2D eigenvalue weighted by Gasteiger charge is -2.14. The van der Waals surface area contributed by atoms with Gasteiger partial charge in [0.2, 0.25) is 0 Å². The molecular formula is C7H14N2O4S. The van der Waals surface area contributed by atoms with E-state index in [1.54, 1.807) is 6.92 Å². The molecule has 0 radical (unpaired) electrons. The van der Waals surface area contributed by atoms with Crippen LogP contribution < -0.4 is 11.1 Å². The fourth-order valence-corrected chi connectivity index (χ4v) is 3.18. The molecule has 1 aliphatic rings. The van der Waals surface area contributed by atoms with Crippen LogP contribution in [0, 0.1) is 0 Å². The monoisotopic (exact) mass is 222 g/mol. The van der Waals surface area contributed by atoms with Gasteiger partial charge in [-0.25, -0.2) is 13.2 Å². The van der Waals surface area contributed by atoms with Gasteiger partial charge in [-0.05, 0) is 6.92 Å². The molecule has 0 aromatic heterocycles.